The number of aromatic nitrogens is 1. The number of fused-ring (bicyclic) bond motifs is 15. The maximum atomic E-state index is 6.87. The zero-order valence-electron chi connectivity index (χ0n) is 41.6. The van der Waals surface area contributed by atoms with E-state index in [0.717, 1.165) is 5.75 Å². The second-order valence-electron chi connectivity index (χ2n) is 24.7. The molecular weight excluding hydrogens is 812 g/mol. The largest absolute Gasteiger partial charge is 0.492 e. The van der Waals surface area contributed by atoms with Gasteiger partial charge in [0.25, 0.3) is 0 Å². The Hall–Kier alpha value is -6.00. The van der Waals surface area contributed by atoms with E-state index in [1.807, 2.05) is 0 Å². The van der Waals surface area contributed by atoms with E-state index in [9.17, 15) is 0 Å². The van der Waals surface area contributed by atoms with Crippen molar-refractivity contribution in [2.45, 2.75) is 129 Å². The predicted molar refractivity (Wildman–Crippen MR) is 284 cm³/mol. The highest BCUT2D eigenvalue weighted by Gasteiger charge is 2.51. The first-order valence-electron chi connectivity index (χ1n) is 25.0. The molecule has 0 amide bonds. The van der Waals surface area contributed by atoms with Gasteiger partial charge in [-0.1, -0.05) is 156 Å². The van der Waals surface area contributed by atoms with Crippen LogP contribution >= 0.6 is 0 Å². The summed E-state index contributed by atoms with van der Waals surface area (Å²) in [6.07, 6.45) is 2.34. The molecular formula is C63H63BN2O. The zero-order valence-corrected chi connectivity index (χ0v) is 41.6. The molecule has 3 nitrogen and oxygen atoms in total. The third-order valence-corrected chi connectivity index (χ3v) is 17.3. The normalized spacial score (nSPS) is 18.8. The second-order valence-corrected chi connectivity index (χ2v) is 24.7. The summed E-state index contributed by atoms with van der Waals surface area (Å²) in [4.78, 5) is 2.71. The van der Waals surface area contributed by atoms with Crippen molar-refractivity contribution in [2.75, 3.05) is 11.4 Å². The number of nitrogens with zero attached hydrogens (tertiary/aromatic N) is 2. The van der Waals surface area contributed by atoms with Gasteiger partial charge in [-0.25, -0.2) is 0 Å². The molecule has 0 bridgehead atoms. The molecule has 0 spiro atoms. The van der Waals surface area contributed by atoms with Gasteiger partial charge in [-0.3, -0.25) is 0 Å². The van der Waals surface area contributed by atoms with Crippen molar-refractivity contribution in [2.24, 2.45) is 0 Å². The molecule has 1 atom stereocenters. The maximum Gasteiger partial charge on any atom is 0.333 e. The van der Waals surface area contributed by atoms with Crippen molar-refractivity contribution in [3.63, 3.8) is 0 Å². The van der Waals surface area contributed by atoms with Gasteiger partial charge in [0.2, 0.25) is 0 Å². The Labute approximate surface area is 398 Å². The average molecular weight is 875 g/mol. The summed E-state index contributed by atoms with van der Waals surface area (Å²) in [5.74, 6) is 1.16. The Balaban J connectivity index is 1.26. The standard InChI is InChI=1S/C63H63BN2O/c1-59(2,3)37-22-25-39(26-23-37)66-49-27-24-38(60(4,5)6)30-42(49)55-56-53(40-20-16-17-21-45(40)63(56,11)12)54-43-31-46-47(62(9,10)29-28-61(46,7)8)33-50(43)65-51-32-41-44(36-18-14-13-15-19-36)35-67-52(41)34-48(51)64(66)57(55)58(54)65/h13-27,30-34,44H,28-29,35H2,1-12H3. The summed E-state index contributed by atoms with van der Waals surface area (Å²) in [5.41, 5.74) is 25.7. The molecule has 3 aliphatic heterocycles. The smallest absolute Gasteiger partial charge is 0.333 e. The van der Waals surface area contributed by atoms with E-state index in [4.69, 9.17) is 4.74 Å². The lowest BCUT2D eigenvalue weighted by atomic mass is 9.43. The first kappa shape index (κ1) is 41.2. The van der Waals surface area contributed by atoms with Gasteiger partial charge in [0.05, 0.1) is 17.6 Å². The lowest BCUT2D eigenvalue weighted by Gasteiger charge is -2.44. The lowest BCUT2D eigenvalue weighted by Crippen LogP contribution is -2.61. The Bertz CT molecular complexity index is 3460. The third kappa shape index (κ3) is 5.48. The highest BCUT2D eigenvalue weighted by molar-refractivity contribution is 6.94. The van der Waals surface area contributed by atoms with Gasteiger partial charge >= 0.3 is 6.85 Å². The minimum absolute atomic E-state index is 0.0354. The predicted octanol–water partition coefficient (Wildman–Crippen LogP) is 14.8. The Morgan fingerprint density at radius 2 is 1.27 bits per heavy atom. The quantitative estimate of drug-likeness (QED) is 0.161. The fourth-order valence-corrected chi connectivity index (χ4v) is 13.5. The van der Waals surface area contributed by atoms with Crippen LogP contribution < -0.4 is 20.5 Å². The molecule has 2 aliphatic carbocycles. The van der Waals surface area contributed by atoms with Gasteiger partial charge in [-0.2, -0.15) is 0 Å². The molecule has 5 aliphatic rings. The number of hydrogen-bond acceptors (Lipinski definition) is 2. The fraction of sp³-hybridized carbons (Fsp3) is 0.333. The van der Waals surface area contributed by atoms with Crippen LogP contribution in [0.25, 0.3) is 49.7 Å². The van der Waals surface area contributed by atoms with E-state index in [2.05, 4.69) is 214 Å². The third-order valence-electron chi connectivity index (χ3n) is 17.3. The monoisotopic (exact) mass is 875 g/mol. The van der Waals surface area contributed by atoms with Crippen molar-refractivity contribution in [3.8, 4) is 33.7 Å². The van der Waals surface area contributed by atoms with Crippen LogP contribution in [0.4, 0.5) is 11.4 Å². The van der Waals surface area contributed by atoms with Crippen LogP contribution in [0.3, 0.4) is 0 Å². The Morgan fingerprint density at radius 3 is 1.97 bits per heavy atom. The van der Waals surface area contributed by atoms with Crippen LogP contribution in [-0.4, -0.2) is 18.0 Å². The first-order valence-corrected chi connectivity index (χ1v) is 25.0. The van der Waals surface area contributed by atoms with Crippen molar-refractivity contribution in [1.82, 2.24) is 4.57 Å². The number of rotatable bonds is 2. The molecule has 1 unspecified atom stereocenters. The summed E-state index contributed by atoms with van der Waals surface area (Å²) in [6, 6.07) is 47.7. The highest BCUT2D eigenvalue weighted by Crippen LogP contribution is 2.60. The molecule has 8 aromatic rings. The molecule has 0 saturated carbocycles. The molecule has 0 saturated heterocycles. The summed E-state index contributed by atoms with van der Waals surface area (Å²) in [5, 5.41) is 2.79. The van der Waals surface area contributed by atoms with Gasteiger partial charge in [0.1, 0.15) is 5.75 Å². The van der Waals surface area contributed by atoms with E-state index in [0.29, 0.717) is 6.61 Å². The SMILES string of the molecule is CC(C)(C)c1ccc(N2B3c4cc5c(cc4-n4c6cc7c(cc6c6c8c(c(c3c64)-c3cc(C(C)(C)C)ccc32)C(C)(C)c2ccccc2-8)C(C)(C)CCC7(C)C)C(c2ccccc2)CO5)cc1. The lowest BCUT2D eigenvalue weighted by molar-refractivity contribution is 0.332. The summed E-state index contributed by atoms with van der Waals surface area (Å²) < 4.78 is 9.62. The number of ether oxygens (including phenoxy) is 1. The second kappa shape index (κ2) is 13.2. The van der Waals surface area contributed by atoms with Gasteiger partial charge in [-0.15, -0.1) is 0 Å². The van der Waals surface area contributed by atoms with Crippen molar-refractivity contribution < 1.29 is 4.74 Å². The molecule has 1 aromatic heterocycles. The molecule has 0 N–H and O–H groups in total. The van der Waals surface area contributed by atoms with E-state index in [1.165, 1.54) is 129 Å². The van der Waals surface area contributed by atoms with E-state index in [1.54, 1.807) is 0 Å². The molecule has 7 aromatic carbocycles. The first-order chi connectivity index (χ1) is 31.8. The van der Waals surface area contributed by atoms with E-state index in [-0.39, 0.29) is 39.8 Å². The summed E-state index contributed by atoms with van der Waals surface area (Å²) in [7, 11) is 0. The number of benzene rings is 7. The minimum Gasteiger partial charge on any atom is -0.492 e. The van der Waals surface area contributed by atoms with Crippen LogP contribution in [0.2, 0.25) is 0 Å². The molecule has 0 fully saturated rings. The Kier molecular flexibility index (Phi) is 8.09. The molecule has 334 valence electrons. The van der Waals surface area contributed by atoms with Gasteiger partial charge < -0.3 is 14.1 Å². The summed E-state index contributed by atoms with van der Waals surface area (Å²) in [6.45, 7) is 29.5. The molecule has 0 radical (unpaired) electrons. The van der Waals surface area contributed by atoms with Crippen LogP contribution in [0, 0.1) is 0 Å². The van der Waals surface area contributed by atoms with E-state index >= 15 is 0 Å². The van der Waals surface area contributed by atoms with Gasteiger partial charge in [-0.05, 0) is 150 Å². The Morgan fingerprint density at radius 1 is 0.612 bits per heavy atom. The molecule has 13 rings (SSSR count). The van der Waals surface area contributed by atoms with Crippen LogP contribution in [0.1, 0.15) is 146 Å². The molecule has 4 heteroatoms. The van der Waals surface area contributed by atoms with Crippen molar-refractivity contribution in [1.29, 1.82) is 0 Å². The van der Waals surface area contributed by atoms with Crippen LogP contribution in [0.15, 0.2) is 121 Å². The number of anilines is 2. The van der Waals surface area contributed by atoms with E-state index < -0.39 is 0 Å². The van der Waals surface area contributed by atoms with Crippen LogP contribution in [-0.2, 0) is 27.1 Å². The number of hydrogen-bond donors (Lipinski definition) is 0. The topological polar surface area (TPSA) is 17.4 Å². The summed E-state index contributed by atoms with van der Waals surface area (Å²) >= 11 is 0. The minimum atomic E-state index is -0.254. The average Bonchev–Trinajstić information content (AvgIpc) is 3.94. The van der Waals surface area contributed by atoms with Crippen molar-refractivity contribution >= 4 is 51.0 Å². The van der Waals surface area contributed by atoms with Gasteiger partial charge in [0.15, 0.2) is 0 Å². The van der Waals surface area contributed by atoms with Crippen LogP contribution in [0.5, 0.6) is 5.75 Å². The molecule has 4 heterocycles. The van der Waals surface area contributed by atoms with Gasteiger partial charge in [0, 0.05) is 50.3 Å². The zero-order chi connectivity index (χ0) is 46.5. The maximum absolute atomic E-state index is 6.87. The van der Waals surface area contributed by atoms with Crippen molar-refractivity contribution in [3.05, 3.63) is 166 Å². The molecule has 67 heavy (non-hydrogen) atoms. The highest BCUT2D eigenvalue weighted by atomic mass is 16.5. The fourth-order valence-electron chi connectivity index (χ4n) is 13.5.